The number of hydrogen-bond donors (Lipinski definition) is 2. The van der Waals surface area contributed by atoms with Crippen molar-refractivity contribution < 1.29 is 14.3 Å². The molecule has 5 aromatic rings. The largest absolute Gasteiger partial charge is 0.481 e. The van der Waals surface area contributed by atoms with Gasteiger partial charge in [-0.05, 0) is 87.6 Å². The van der Waals surface area contributed by atoms with Gasteiger partial charge in [-0.15, -0.1) is 10.2 Å². The van der Waals surface area contributed by atoms with E-state index < -0.39 is 11.4 Å². The minimum atomic E-state index is -0.829. The number of carboxylic acid groups (broad SMARTS) is 1. The van der Waals surface area contributed by atoms with Gasteiger partial charge in [0.1, 0.15) is 5.82 Å². The lowest BCUT2D eigenvalue weighted by atomic mass is 9.84. The van der Waals surface area contributed by atoms with E-state index in [1.165, 1.54) is 0 Å². The molecule has 7 heteroatoms. The minimum Gasteiger partial charge on any atom is -0.481 e. The lowest BCUT2D eigenvalue weighted by Crippen LogP contribution is -2.26. The number of carbonyl (C=O) groups is 1. The third kappa shape index (κ3) is 4.28. The highest BCUT2D eigenvalue weighted by molar-refractivity contribution is 5.84. The number of aromatic nitrogens is 4. The number of hydrogen-bond acceptors (Lipinski definition) is 5. The molecule has 36 heavy (non-hydrogen) atoms. The zero-order valence-electron chi connectivity index (χ0n) is 21.0. The number of imidazole rings is 1. The molecule has 0 saturated heterocycles. The van der Waals surface area contributed by atoms with Gasteiger partial charge in [0.05, 0.1) is 16.4 Å². The Balaban J connectivity index is 1.47. The molecule has 0 aliphatic heterocycles. The van der Waals surface area contributed by atoms with Crippen molar-refractivity contribution in [3.8, 4) is 34.3 Å². The second-order valence-corrected chi connectivity index (χ2v) is 10.0. The number of aryl methyl sites for hydroxylation is 3. The van der Waals surface area contributed by atoms with Crippen LogP contribution in [0.1, 0.15) is 36.1 Å². The Morgan fingerprint density at radius 2 is 1.64 bits per heavy atom. The Labute approximate surface area is 209 Å². The van der Waals surface area contributed by atoms with Gasteiger partial charge in [0, 0.05) is 16.7 Å². The molecular weight excluding hydrogens is 452 g/mol. The van der Waals surface area contributed by atoms with Crippen LogP contribution in [0.2, 0.25) is 0 Å². The topological polar surface area (TPSA) is 105 Å². The summed E-state index contributed by atoms with van der Waals surface area (Å²) in [7, 11) is 0. The molecule has 0 spiro atoms. The standard InChI is InChI=1S/C29H28N4O3/c1-16-8-6-7-9-21(16)27-33-32-26(36-27)20-10-11-22-23(14-20)31-25(30-22)24-17(2)12-19(13-18(24)3)15-29(4,5)28(34)35/h6-14H,15H2,1-5H3,(H,30,31)(H,34,35). The molecule has 3 aromatic carbocycles. The number of carboxylic acids is 1. The zero-order valence-corrected chi connectivity index (χ0v) is 21.0. The monoisotopic (exact) mass is 480 g/mol. The maximum absolute atomic E-state index is 11.6. The Morgan fingerprint density at radius 3 is 2.33 bits per heavy atom. The summed E-state index contributed by atoms with van der Waals surface area (Å²) in [5.41, 5.74) is 7.79. The second kappa shape index (κ2) is 8.75. The molecule has 0 atom stereocenters. The van der Waals surface area contributed by atoms with Crippen LogP contribution < -0.4 is 0 Å². The van der Waals surface area contributed by atoms with Crippen LogP contribution in [0.4, 0.5) is 0 Å². The molecule has 0 radical (unpaired) electrons. The quantitative estimate of drug-likeness (QED) is 0.286. The zero-order chi connectivity index (χ0) is 25.6. The van der Waals surface area contributed by atoms with Gasteiger partial charge in [-0.3, -0.25) is 4.79 Å². The van der Waals surface area contributed by atoms with E-state index in [9.17, 15) is 9.90 Å². The molecule has 0 fully saturated rings. The smallest absolute Gasteiger partial charge is 0.309 e. The fourth-order valence-electron chi connectivity index (χ4n) is 4.64. The lowest BCUT2D eigenvalue weighted by molar-refractivity contribution is -0.146. The van der Waals surface area contributed by atoms with Crippen LogP contribution >= 0.6 is 0 Å². The molecule has 5 rings (SSSR count). The van der Waals surface area contributed by atoms with E-state index in [2.05, 4.69) is 27.3 Å². The number of nitrogens with zero attached hydrogens (tertiary/aromatic N) is 3. The fourth-order valence-corrected chi connectivity index (χ4v) is 4.64. The van der Waals surface area contributed by atoms with E-state index in [0.717, 1.165) is 55.8 Å². The summed E-state index contributed by atoms with van der Waals surface area (Å²) in [6.45, 7) is 9.57. The number of benzene rings is 3. The highest BCUT2D eigenvalue weighted by Crippen LogP contribution is 2.32. The Kier molecular flexibility index (Phi) is 5.71. The van der Waals surface area contributed by atoms with Crippen molar-refractivity contribution in [1.29, 1.82) is 0 Å². The van der Waals surface area contributed by atoms with E-state index in [1.54, 1.807) is 13.8 Å². The van der Waals surface area contributed by atoms with Crippen LogP contribution in [0.15, 0.2) is 59.0 Å². The van der Waals surface area contributed by atoms with Gasteiger partial charge >= 0.3 is 5.97 Å². The maximum Gasteiger partial charge on any atom is 0.309 e. The number of fused-ring (bicyclic) bond motifs is 1. The summed E-state index contributed by atoms with van der Waals surface area (Å²) in [6, 6.07) is 17.9. The van der Waals surface area contributed by atoms with Crippen molar-refractivity contribution in [2.45, 2.75) is 41.0 Å². The van der Waals surface area contributed by atoms with Crippen LogP contribution in [0.25, 0.3) is 45.3 Å². The van der Waals surface area contributed by atoms with Gasteiger partial charge in [0.15, 0.2) is 0 Å². The first-order chi connectivity index (χ1) is 17.1. The normalized spacial score (nSPS) is 11.8. The number of aliphatic carboxylic acids is 1. The molecule has 2 aromatic heterocycles. The van der Waals surface area contributed by atoms with Crippen molar-refractivity contribution in [3.05, 3.63) is 76.9 Å². The number of nitrogens with one attached hydrogen (secondary N) is 1. The van der Waals surface area contributed by atoms with Gasteiger partial charge in [0.25, 0.3) is 0 Å². The molecule has 0 aliphatic carbocycles. The molecule has 7 nitrogen and oxygen atoms in total. The summed E-state index contributed by atoms with van der Waals surface area (Å²) in [4.78, 5) is 19.8. The Bertz CT molecular complexity index is 1590. The van der Waals surface area contributed by atoms with Crippen LogP contribution in [0.5, 0.6) is 0 Å². The van der Waals surface area contributed by atoms with E-state index >= 15 is 0 Å². The number of H-pyrrole nitrogens is 1. The van der Waals surface area contributed by atoms with Crippen LogP contribution in [0, 0.1) is 26.2 Å². The average molecular weight is 481 g/mol. The molecule has 0 saturated carbocycles. The summed E-state index contributed by atoms with van der Waals surface area (Å²) in [5.74, 6) is 0.907. The Morgan fingerprint density at radius 1 is 0.944 bits per heavy atom. The van der Waals surface area contributed by atoms with Gasteiger partial charge in [-0.1, -0.05) is 30.3 Å². The van der Waals surface area contributed by atoms with Crippen molar-refractivity contribution in [2.75, 3.05) is 0 Å². The number of aromatic amines is 1. The van der Waals surface area contributed by atoms with E-state index in [4.69, 9.17) is 9.40 Å². The van der Waals surface area contributed by atoms with E-state index in [-0.39, 0.29) is 0 Å². The molecule has 2 heterocycles. The van der Waals surface area contributed by atoms with Crippen molar-refractivity contribution in [3.63, 3.8) is 0 Å². The first-order valence-electron chi connectivity index (χ1n) is 11.9. The van der Waals surface area contributed by atoms with Crippen molar-refractivity contribution in [1.82, 2.24) is 20.2 Å². The third-order valence-electron chi connectivity index (χ3n) is 6.58. The maximum atomic E-state index is 11.6. The predicted molar refractivity (Wildman–Crippen MR) is 140 cm³/mol. The summed E-state index contributed by atoms with van der Waals surface area (Å²) in [6.07, 6.45) is 0.461. The highest BCUT2D eigenvalue weighted by atomic mass is 16.4. The van der Waals surface area contributed by atoms with Crippen LogP contribution in [-0.4, -0.2) is 31.2 Å². The molecule has 0 bridgehead atoms. The molecule has 0 aliphatic rings. The predicted octanol–water partition coefficient (Wildman–Crippen LogP) is 6.53. The molecule has 0 unspecified atom stereocenters. The molecule has 0 amide bonds. The molecule has 182 valence electrons. The fraction of sp³-hybridized carbons (Fsp3) is 0.241. The SMILES string of the molecule is Cc1ccccc1-c1nnc(-c2ccc3nc(-c4c(C)cc(CC(C)(C)C(=O)O)cc4C)[nH]c3c2)o1. The van der Waals surface area contributed by atoms with E-state index in [1.807, 2.05) is 63.2 Å². The van der Waals surface area contributed by atoms with Gasteiger partial charge < -0.3 is 14.5 Å². The minimum absolute atomic E-state index is 0.448. The first-order valence-corrected chi connectivity index (χ1v) is 11.9. The van der Waals surface area contributed by atoms with E-state index in [0.29, 0.717) is 18.2 Å². The Hall–Kier alpha value is -4.26. The highest BCUT2D eigenvalue weighted by Gasteiger charge is 2.28. The summed E-state index contributed by atoms with van der Waals surface area (Å²) >= 11 is 0. The van der Waals surface area contributed by atoms with Crippen molar-refractivity contribution in [2.24, 2.45) is 5.41 Å². The summed E-state index contributed by atoms with van der Waals surface area (Å²) in [5, 5.41) is 18.0. The van der Waals surface area contributed by atoms with Gasteiger partial charge in [-0.25, -0.2) is 4.98 Å². The third-order valence-corrected chi connectivity index (χ3v) is 6.58. The average Bonchev–Trinajstić information content (AvgIpc) is 3.45. The van der Waals surface area contributed by atoms with Crippen LogP contribution in [0.3, 0.4) is 0 Å². The van der Waals surface area contributed by atoms with Crippen LogP contribution in [-0.2, 0) is 11.2 Å². The number of rotatable bonds is 6. The van der Waals surface area contributed by atoms with Crippen molar-refractivity contribution >= 4 is 17.0 Å². The first kappa shape index (κ1) is 23.5. The molecule has 2 N–H and O–H groups in total. The summed E-state index contributed by atoms with van der Waals surface area (Å²) < 4.78 is 5.99. The van der Waals surface area contributed by atoms with Gasteiger partial charge in [0.2, 0.25) is 11.8 Å². The molecular formula is C29H28N4O3. The lowest BCUT2D eigenvalue weighted by Gasteiger charge is -2.20. The van der Waals surface area contributed by atoms with Gasteiger partial charge in [-0.2, -0.15) is 0 Å². The second-order valence-electron chi connectivity index (χ2n) is 10.0.